The lowest BCUT2D eigenvalue weighted by Crippen LogP contribution is -2.07. The smallest absolute Gasteiger partial charge is 0.198 e. The van der Waals surface area contributed by atoms with Crippen LogP contribution in [-0.4, -0.2) is 5.88 Å². The van der Waals surface area contributed by atoms with Crippen molar-refractivity contribution in [1.29, 1.82) is 5.26 Å². The highest BCUT2D eigenvalue weighted by molar-refractivity contribution is 6.18. The number of rotatable bonds is 3. The number of nitriles is 1. The van der Waals surface area contributed by atoms with E-state index >= 15 is 0 Å². The van der Waals surface area contributed by atoms with E-state index in [0.717, 1.165) is 12.1 Å². The molecule has 0 aliphatic carbocycles. The lowest BCUT2D eigenvalue weighted by Gasteiger charge is -2.09. The normalized spacial score (nSPS) is 13.2. The minimum Gasteiger partial charge on any atom is -0.198 e. The van der Waals surface area contributed by atoms with Crippen molar-refractivity contribution < 1.29 is 13.2 Å². The molecule has 0 saturated heterocycles. The molecule has 0 amide bonds. The van der Waals surface area contributed by atoms with Gasteiger partial charge >= 0.3 is 6.18 Å². The third-order valence-corrected chi connectivity index (χ3v) is 2.48. The fourth-order valence-corrected chi connectivity index (χ4v) is 1.47. The van der Waals surface area contributed by atoms with E-state index in [1.165, 1.54) is 6.07 Å². The Morgan fingerprint density at radius 1 is 1.38 bits per heavy atom. The maximum Gasteiger partial charge on any atom is 0.416 e. The van der Waals surface area contributed by atoms with Crippen LogP contribution < -0.4 is 0 Å². The van der Waals surface area contributed by atoms with Gasteiger partial charge in [-0.05, 0) is 18.1 Å². The number of nitrogens with zero attached hydrogens (tertiary/aromatic N) is 1. The van der Waals surface area contributed by atoms with Crippen LogP contribution in [0.15, 0.2) is 24.3 Å². The van der Waals surface area contributed by atoms with Crippen LogP contribution in [-0.2, 0) is 12.6 Å². The second kappa shape index (κ2) is 5.22. The average Bonchev–Trinajstić information content (AvgIpc) is 2.25. The van der Waals surface area contributed by atoms with Crippen LogP contribution in [0.2, 0.25) is 0 Å². The number of alkyl halides is 4. The first kappa shape index (κ1) is 12.9. The first-order valence-electron chi connectivity index (χ1n) is 4.59. The Hall–Kier alpha value is -1.21. The second-order valence-corrected chi connectivity index (χ2v) is 3.69. The molecule has 1 nitrogen and oxygen atoms in total. The van der Waals surface area contributed by atoms with Gasteiger partial charge < -0.3 is 0 Å². The summed E-state index contributed by atoms with van der Waals surface area (Å²) in [5.41, 5.74) is -0.224. The summed E-state index contributed by atoms with van der Waals surface area (Å²) in [6, 6.07) is 6.90. The van der Waals surface area contributed by atoms with Gasteiger partial charge in [-0.2, -0.15) is 18.4 Å². The number of benzene rings is 1. The van der Waals surface area contributed by atoms with Crippen LogP contribution in [0.5, 0.6) is 0 Å². The highest BCUT2D eigenvalue weighted by Gasteiger charge is 2.30. The molecule has 0 radical (unpaired) electrons. The van der Waals surface area contributed by atoms with Crippen LogP contribution >= 0.6 is 11.6 Å². The van der Waals surface area contributed by atoms with Gasteiger partial charge in [0.05, 0.1) is 17.6 Å². The Bertz CT molecular complexity index is 395. The average molecular weight is 248 g/mol. The Morgan fingerprint density at radius 3 is 2.56 bits per heavy atom. The van der Waals surface area contributed by atoms with E-state index in [9.17, 15) is 13.2 Å². The number of hydrogen-bond donors (Lipinski definition) is 0. The van der Waals surface area contributed by atoms with E-state index in [-0.39, 0.29) is 12.3 Å². The molecular formula is C11H9ClF3N. The first-order valence-corrected chi connectivity index (χ1v) is 5.12. The van der Waals surface area contributed by atoms with Gasteiger partial charge in [0.15, 0.2) is 0 Å². The van der Waals surface area contributed by atoms with Gasteiger partial charge in [-0.25, -0.2) is 0 Å². The van der Waals surface area contributed by atoms with Crippen molar-refractivity contribution >= 4 is 11.6 Å². The minimum atomic E-state index is -4.35. The molecule has 0 aliphatic rings. The molecule has 0 bridgehead atoms. The quantitative estimate of drug-likeness (QED) is 0.749. The van der Waals surface area contributed by atoms with Gasteiger partial charge in [0.2, 0.25) is 0 Å². The molecule has 1 rings (SSSR count). The summed E-state index contributed by atoms with van der Waals surface area (Å²) >= 11 is 5.50. The molecule has 5 heteroatoms. The predicted molar refractivity (Wildman–Crippen MR) is 55.0 cm³/mol. The van der Waals surface area contributed by atoms with E-state index in [0.29, 0.717) is 5.56 Å². The fourth-order valence-electron chi connectivity index (χ4n) is 1.29. The van der Waals surface area contributed by atoms with Gasteiger partial charge in [0.1, 0.15) is 0 Å². The molecule has 0 spiro atoms. The monoisotopic (exact) mass is 247 g/mol. The summed E-state index contributed by atoms with van der Waals surface area (Å²) in [6.45, 7) is 0. The van der Waals surface area contributed by atoms with Crippen molar-refractivity contribution in [2.75, 3.05) is 5.88 Å². The summed E-state index contributed by atoms with van der Waals surface area (Å²) in [6.07, 6.45) is -4.11. The Kier molecular flexibility index (Phi) is 4.19. The zero-order valence-corrected chi connectivity index (χ0v) is 9.02. The van der Waals surface area contributed by atoms with Crippen LogP contribution in [0, 0.1) is 17.2 Å². The molecule has 0 saturated carbocycles. The molecular weight excluding hydrogens is 239 g/mol. The molecule has 1 unspecified atom stereocenters. The third kappa shape index (κ3) is 3.42. The van der Waals surface area contributed by atoms with E-state index in [2.05, 4.69) is 0 Å². The zero-order chi connectivity index (χ0) is 12.2. The van der Waals surface area contributed by atoms with Crippen molar-refractivity contribution in [3.8, 4) is 6.07 Å². The van der Waals surface area contributed by atoms with E-state index < -0.39 is 17.7 Å². The Balaban J connectivity index is 2.88. The van der Waals surface area contributed by atoms with Crippen LogP contribution in [0.1, 0.15) is 11.1 Å². The topological polar surface area (TPSA) is 23.8 Å². The van der Waals surface area contributed by atoms with Crippen molar-refractivity contribution in [3.63, 3.8) is 0 Å². The Morgan fingerprint density at radius 2 is 2.06 bits per heavy atom. The summed E-state index contributed by atoms with van der Waals surface area (Å²) in [7, 11) is 0. The maximum atomic E-state index is 12.4. The van der Waals surface area contributed by atoms with Gasteiger partial charge in [-0.1, -0.05) is 18.2 Å². The van der Waals surface area contributed by atoms with Crippen LogP contribution in [0.3, 0.4) is 0 Å². The molecule has 0 aliphatic heterocycles. The predicted octanol–water partition coefficient (Wildman–Crippen LogP) is 3.63. The van der Waals surface area contributed by atoms with Crippen LogP contribution in [0.25, 0.3) is 0 Å². The first-order chi connectivity index (χ1) is 7.47. The molecule has 1 aromatic rings. The highest BCUT2D eigenvalue weighted by atomic mass is 35.5. The van der Waals surface area contributed by atoms with Gasteiger partial charge in [0.25, 0.3) is 0 Å². The maximum absolute atomic E-state index is 12.4. The van der Waals surface area contributed by atoms with Gasteiger partial charge in [-0.3, -0.25) is 0 Å². The van der Waals surface area contributed by atoms with Crippen molar-refractivity contribution in [3.05, 3.63) is 35.4 Å². The molecule has 1 atom stereocenters. The Labute approximate surface area is 96.4 Å². The third-order valence-electron chi connectivity index (χ3n) is 2.11. The molecule has 16 heavy (non-hydrogen) atoms. The zero-order valence-electron chi connectivity index (χ0n) is 8.26. The van der Waals surface area contributed by atoms with Gasteiger partial charge in [0, 0.05) is 5.88 Å². The minimum absolute atomic E-state index is 0.118. The molecule has 0 aromatic heterocycles. The van der Waals surface area contributed by atoms with Crippen molar-refractivity contribution in [2.24, 2.45) is 5.92 Å². The number of halogens is 4. The largest absolute Gasteiger partial charge is 0.416 e. The molecule has 0 heterocycles. The summed E-state index contributed by atoms with van der Waals surface area (Å²) in [4.78, 5) is 0. The highest BCUT2D eigenvalue weighted by Crippen LogP contribution is 2.29. The summed E-state index contributed by atoms with van der Waals surface area (Å²) in [5, 5.41) is 8.66. The standard InChI is InChI=1S/C11H9ClF3N/c12-6-9(7-16)4-8-2-1-3-10(5-8)11(13,14)15/h1-3,5,9H,4,6H2. The van der Waals surface area contributed by atoms with Crippen molar-refractivity contribution in [2.45, 2.75) is 12.6 Å². The molecule has 86 valence electrons. The summed E-state index contributed by atoms with van der Waals surface area (Å²) < 4.78 is 37.1. The molecule has 1 aromatic carbocycles. The fraction of sp³-hybridized carbons (Fsp3) is 0.364. The molecule has 0 N–H and O–H groups in total. The second-order valence-electron chi connectivity index (χ2n) is 3.38. The number of hydrogen-bond acceptors (Lipinski definition) is 1. The van der Waals surface area contributed by atoms with Gasteiger partial charge in [-0.15, -0.1) is 11.6 Å². The van der Waals surface area contributed by atoms with Crippen molar-refractivity contribution in [1.82, 2.24) is 0 Å². The van der Waals surface area contributed by atoms with Crippen LogP contribution in [0.4, 0.5) is 13.2 Å². The SMILES string of the molecule is N#CC(CCl)Cc1cccc(C(F)(F)F)c1. The molecule has 0 fully saturated rings. The lowest BCUT2D eigenvalue weighted by molar-refractivity contribution is -0.137. The lowest BCUT2D eigenvalue weighted by atomic mass is 10.0. The van der Waals surface area contributed by atoms with E-state index in [4.69, 9.17) is 16.9 Å². The van der Waals surface area contributed by atoms with E-state index in [1.807, 2.05) is 6.07 Å². The summed E-state index contributed by atoms with van der Waals surface area (Å²) in [5.74, 6) is -0.336. The van der Waals surface area contributed by atoms with E-state index in [1.54, 1.807) is 6.07 Å².